The Hall–Kier alpha value is -0.730. The number of hydrogen-bond acceptors (Lipinski definition) is 1. The number of rotatable bonds is 3. The first-order valence-electron chi connectivity index (χ1n) is 5.82. The SMILES string of the molecule is CCSc1ccc2cc(C)ccc2[n+]1CC.[Cl-]. The maximum absolute atomic E-state index is 2.39. The Kier molecular flexibility index (Phi) is 5.29. The van der Waals surface area contributed by atoms with Gasteiger partial charge in [-0.05, 0) is 26.0 Å². The first-order valence-corrected chi connectivity index (χ1v) is 6.80. The maximum atomic E-state index is 2.39. The highest BCUT2D eigenvalue weighted by Gasteiger charge is 2.13. The lowest BCUT2D eigenvalue weighted by Gasteiger charge is -2.04. The molecule has 0 saturated heterocycles. The van der Waals surface area contributed by atoms with E-state index in [1.54, 1.807) is 0 Å². The normalized spacial score (nSPS) is 10.3. The van der Waals surface area contributed by atoms with Gasteiger partial charge in [0.25, 0.3) is 0 Å². The number of thioether (sulfide) groups is 1. The summed E-state index contributed by atoms with van der Waals surface area (Å²) in [7, 11) is 0. The van der Waals surface area contributed by atoms with Gasteiger partial charge < -0.3 is 12.4 Å². The van der Waals surface area contributed by atoms with Crippen LogP contribution in [0.15, 0.2) is 35.4 Å². The minimum Gasteiger partial charge on any atom is -1.00 e. The summed E-state index contributed by atoms with van der Waals surface area (Å²) in [4.78, 5) is 0. The number of aryl methyl sites for hydroxylation is 2. The highest BCUT2D eigenvalue weighted by Crippen LogP contribution is 2.19. The number of aromatic nitrogens is 1. The van der Waals surface area contributed by atoms with E-state index in [-0.39, 0.29) is 12.4 Å². The fourth-order valence-corrected chi connectivity index (χ4v) is 2.87. The molecule has 0 radical (unpaired) electrons. The number of halogens is 1. The number of benzene rings is 1. The fraction of sp³-hybridized carbons (Fsp3) is 0.357. The summed E-state index contributed by atoms with van der Waals surface area (Å²) in [5.41, 5.74) is 2.66. The second-order valence-corrected chi connectivity index (χ2v) is 5.20. The van der Waals surface area contributed by atoms with E-state index < -0.39 is 0 Å². The molecule has 3 heteroatoms. The van der Waals surface area contributed by atoms with E-state index in [1.807, 2.05) is 11.8 Å². The molecule has 0 aliphatic heterocycles. The first kappa shape index (κ1) is 14.3. The van der Waals surface area contributed by atoms with Crippen LogP contribution in [0, 0.1) is 6.92 Å². The van der Waals surface area contributed by atoms with E-state index in [0.29, 0.717) is 0 Å². The molecule has 1 heterocycles. The standard InChI is InChI=1S/C14H18NS.ClH/c1-4-15-13-8-6-11(3)10-12(13)7-9-14(15)16-5-2;/h6-10H,4-5H2,1-3H3;1H/q+1;/p-1. The summed E-state index contributed by atoms with van der Waals surface area (Å²) in [5.74, 6) is 1.12. The highest BCUT2D eigenvalue weighted by atomic mass is 35.5. The molecule has 0 amide bonds. The second kappa shape index (κ2) is 6.27. The van der Waals surface area contributed by atoms with Crippen molar-refractivity contribution < 1.29 is 17.0 Å². The number of pyridine rings is 1. The molecule has 0 aliphatic carbocycles. The van der Waals surface area contributed by atoms with Gasteiger partial charge in [0.1, 0.15) is 6.54 Å². The Morgan fingerprint density at radius 2 is 1.88 bits per heavy atom. The van der Waals surface area contributed by atoms with Crippen molar-refractivity contribution in [3.05, 3.63) is 35.9 Å². The minimum atomic E-state index is 0. The molecular weight excluding hydrogens is 250 g/mol. The van der Waals surface area contributed by atoms with Crippen LogP contribution in [0.4, 0.5) is 0 Å². The second-order valence-electron chi connectivity index (χ2n) is 3.91. The average molecular weight is 268 g/mol. The van der Waals surface area contributed by atoms with Gasteiger partial charge in [0.2, 0.25) is 10.5 Å². The Labute approximate surface area is 114 Å². The third-order valence-electron chi connectivity index (χ3n) is 2.75. The molecule has 0 atom stereocenters. The fourth-order valence-electron chi connectivity index (χ4n) is 2.02. The smallest absolute Gasteiger partial charge is 0.240 e. The Bertz CT molecular complexity index is 511. The van der Waals surface area contributed by atoms with Crippen molar-refractivity contribution in [1.82, 2.24) is 0 Å². The summed E-state index contributed by atoms with van der Waals surface area (Å²) in [5, 5.41) is 2.70. The molecule has 0 saturated carbocycles. The molecule has 92 valence electrons. The van der Waals surface area contributed by atoms with Gasteiger partial charge in [0, 0.05) is 23.3 Å². The molecule has 0 N–H and O–H groups in total. The first-order chi connectivity index (χ1) is 7.76. The lowest BCUT2D eigenvalue weighted by atomic mass is 10.1. The monoisotopic (exact) mass is 267 g/mol. The number of hydrogen-bond donors (Lipinski definition) is 0. The largest absolute Gasteiger partial charge is 1.00 e. The van der Waals surface area contributed by atoms with E-state index in [2.05, 4.69) is 55.7 Å². The van der Waals surface area contributed by atoms with Crippen molar-refractivity contribution >= 4 is 22.7 Å². The summed E-state index contributed by atoms with van der Waals surface area (Å²) in [6.07, 6.45) is 0. The molecule has 1 aromatic heterocycles. The zero-order valence-corrected chi connectivity index (χ0v) is 12.1. The van der Waals surface area contributed by atoms with Gasteiger partial charge in [-0.1, -0.05) is 30.3 Å². The minimum absolute atomic E-state index is 0. The quantitative estimate of drug-likeness (QED) is 0.581. The molecule has 0 fully saturated rings. The third-order valence-corrected chi connectivity index (χ3v) is 3.69. The van der Waals surface area contributed by atoms with E-state index in [1.165, 1.54) is 21.5 Å². The van der Waals surface area contributed by atoms with Gasteiger partial charge in [0.15, 0.2) is 0 Å². The van der Waals surface area contributed by atoms with Crippen LogP contribution in [0.5, 0.6) is 0 Å². The summed E-state index contributed by atoms with van der Waals surface area (Å²) >= 11 is 1.91. The molecule has 0 unspecified atom stereocenters. The molecule has 0 spiro atoms. The van der Waals surface area contributed by atoms with Gasteiger partial charge in [0.05, 0.1) is 0 Å². The Morgan fingerprint density at radius 1 is 1.12 bits per heavy atom. The van der Waals surface area contributed by atoms with E-state index >= 15 is 0 Å². The predicted molar refractivity (Wildman–Crippen MR) is 71.0 cm³/mol. The molecule has 1 aromatic carbocycles. The summed E-state index contributed by atoms with van der Waals surface area (Å²) in [6, 6.07) is 11.1. The van der Waals surface area contributed by atoms with E-state index in [0.717, 1.165) is 12.3 Å². The van der Waals surface area contributed by atoms with Crippen LogP contribution in [0.25, 0.3) is 10.9 Å². The van der Waals surface area contributed by atoms with Crippen LogP contribution >= 0.6 is 11.8 Å². The van der Waals surface area contributed by atoms with Crippen LogP contribution in [-0.4, -0.2) is 5.75 Å². The van der Waals surface area contributed by atoms with Crippen molar-refractivity contribution in [3.63, 3.8) is 0 Å². The Balaban J connectivity index is 0.00000144. The van der Waals surface area contributed by atoms with Gasteiger partial charge in [-0.15, -0.1) is 0 Å². The van der Waals surface area contributed by atoms with Crippen LogP contribution < -0.4 is 17.0 Å². The van der Waals surface area contributed by atoms with Crippen molar-refractivity contribution in [3.8, 4) is 0 Å². The van der Waals surface area contributed by atoms with Gasteiger partial charge >= 0.3 is 0 Å². The molecular formula is C14H18ClNS. The Morgan fingerprint density at radius 3 is 2.53 bits per heavy atom. The van der Waals surface area contributed by atoms with Crippen LogP contribution in [0.2, 0.25) is 0 Å². The van der Waals surface area contributed by atoms with Crippen molar-refractivity contribution in [2.24, 2.45) is 0 Å². The van der Waals surface area contributed by atoms with E-state index in [9.17, 15) is 0 Å². The van der Waals surface area contributed by atoms with Gasteiger partial charge in [-0.2, -0.15) is 4.57 Å². The lowest BCUT2D eigenvalue weighted by molar-refractivity contribution is -0.704. The molecule has 0 bridgehead atoms. The van der Waals surface area contributed by atoms with Crippen LogP contribution in [0.1, 0.15) is 19.4 Å². The zero-order valence-electron chi connectivity index (χ0n) is 10.5. The summed E-state index contributed by atoms with van der Waals surface area (Å²) in [6.45, 7) is 7.58. The van der Waals surface area contributed by atoms with E-state index in [4.69, 9.17) is 0 Å². The highest BCUT2D eigenvalue weighted by molar-refractivity contribution is 7.99. The molecule has 2 rings (SSSR count). The number of nitrogens with zero attached hydrogens (tertiary/aromatic N) is 1. The topological polar surface area (TPSA) is 3.88 Å². The van der Waals surface area contributed by atoms with Crippen molar-refractivity contribution in [2.45, 2.75) is 32.3 Å². The van der Waals surface area contributed by atoms with Crippen LogP contribution in [0.3, 0.4) is 0 Å². The molecule has 2 aromatic rings. The average Bonchev–Trinajstić information content (AvgIpc) is 2.29. The third kappa shape index (κ3) is 2.93. The summed E-state index contributed by atoms with van der Waals surface area (Å²) < 4.78 is 2.39. The maximum Gasteiger partial charge on any atom is 0.240 e. The van der Waals surface area contributed by atoms with Gasteiger partial charge in [-0.3, -0.25) is 0 Å². The predicted octanol–water partition coefficient (Wildman–Crippen LogP) is 0.572. The lowest BCUT2D eigenvalue weighted by Crippen LogP contribution is -3.00. The molecule has 17 heavy (non-hydrogen) atoms. The molecule has 1 nitrogen and oxygen atoms in total. The van der Waals surface area contributed by atoms with Crippen LogP contribution in [-0.2, 0) is 6.54 Å². The van der Waals surface area contributed by atoms with Crippen molar-refractivity contribution in [1.29, 1.82) is 0 Å². The number of fused-ring (bicyclic) bond motifs is 1. The van der Waals surface area contributed by atoms with Crippen molar-refractivity contribution in [2.75, 3.05) is 5.75 Å². The van der Waals surface area contributed by atoms with Gasteiger partial charge in [-0.25, -0.2) is 0 Å². The molecule has 0 aliphatic rings. The zero-order chi connectivity index (χ0) is 11.5.